The van der Waals surface area contributed by atoms with Crippen LogP contribution in [0.3, 0.4) is 0 Å². The van der Waals surface area contributed by atoms with E-state index >= 15 is 0 Å². The normalized spacial score (nSPS) is 17.2. The van der Waals surface area contributed by atoms with Crippen LogP contribution in [0.2, 0.25) is 0 Å². The number of nitro groups is 1. The van der Waals surface area contributed by atoms with Crippen molar-refractivity contribution in [1.82, 2.24) is 4.98 Å². The van der Waals surface area contributed by atoms with Crippen LogP contribution in [0.4, 0.5) is 11.5 Å². The van der Waals surface area contributed by atoms with Crippen LogP contribution >= 0.6 is 0 Å². The third-order valence-electron chi connectivity index (χ3n) is 3.68. The molecule has 5 nitrogen and oxygen atoms in total. The summed E-state index contributed by atoms with van der Waals surface area (Å²) < 4.78 is 0. The Labute approximate surface area is 107 Å². The summed E-state index contributed by atoms with van der Waals surface area (Å²) in [6, 6.07) is 3.78. The molecular weight excluding hydrogens is 230 g/mol. The molecule has 1 aliphatic rings. The summed E-state index contributed by atoms with van der Waals surface area (Å²) in [5.74, 6) is 0.826. The number of hydrogen-bond acceptors (Lipinski definition) is 4. The third kappa shape index (κ3) is 2.97. The summed E-state index contributed by atoms with van der Waals surface area (Å²) in [4.78, 5) is 16.5. The quantitative estimate of drug-likeness (QED) is 0.469. The monoisotopic (exact) mass is 249 g/mol. The minimum absolute atomic E-state index is 0.0491. The summed E-state index contributed by atoms with van der Waals surface area (Å²) >= 11 is 0. The first-order valence-corrected chi connectivity index (χ1v) is 6.52. The van der Waals surface area contributed by atoms with Crippen molar-refractivity contribution in [2.24, 2.45) is 0 Å². The first kappa shape index (κ1) is 12.8. The maximum atomic E-state index is 10.6. The molecule has 0 spiro atoms. The third-order valence-corrected chi connectivity index (χ3v) is 3.68. The van der Waals surface area contributed by atoms with Gasteiger partial charge >= 0.3 is 0 Å². The Balaban J connectivity index is 2.07. The molecule has 1 aromatic rings. The number of rotatable bonds is 3. The second kappa shape index (κ2) is 5.80. The lowest BCUT2D eigenvalue weighted by molar-refractivity contribution is -0.385. The van der Waals surface area contributed by atoms with Crippen molar-refractivity contribution in [2.75, 3.05) is 11.9 Å². The predicted octanol–water partition coefficient (Wildman–Crippen LogP) is 3.15. The number of pyridine rings is 1. The average molecular weight is 249 g/mol. The Morgan fingerprint density at radius 1 is 1.28 bits per heavy atom. The molecule has 0 radical (unpaired) electrons. The SMILES string of the molecule is CN(c1ccc([N+](=O)[O-])cn1)C1CCCCCC1. The molecule has 1 saturated carbocycles. The molecule has 1 heterocycles. The Kier molecular flexibility index (Phi) is 4.12. The van der Waals surface area contributed by atoms with Crippen LogP contribution in [-0.2, 0) is 0 Å². The van der Waals surface area contributed by atoms with Gasteiger partial charge in [-0.3, -0.25) is 10.1 Å². The van der Waals surface area contributed by atoms with E-state index in [9.17, 15) is 10.1 Å². The van der Waals surface area contributed by atoms with E-state index in [0.717, 1.165) is 5.82 Å². The maximum Gasteiger partial charge on any atom is 0.287 e. The van der Waals surface area contributed by atoms with Crippen molar-refractivity contribution in [3.63, 3.8) is 0 Å². The molecule has 18 heavy (non-hydrogen) atoms. The molecule has 1 aliphatic carbocycles. The topological polar surface area (TPSA) is 59.3 Å². The second-order valence-electron chi connectivity index (χ2n) is 4.89. The average Bonchev–Trinajstić information content (AvgIpc) is 2.67. The molecule has 1 fully saturated rings. The van der Waals surface area contributed by atoms with Crippen LogP contribution in [0.15, 0.2) is 18.3 Å². The van der Waals surface area contributed by atoms with E-state index in [1.165, 1.54) is 50.8 Å². The van der Waals surface area contributed by atoms with E-state index in [1.54, 1.807) is 6.07 Å². The van der Waals surface area contributed by atoms with Crippen LogP contribution in [0.5, 0.6) is 0 Å². The van der Waals surface area contributed by atoms with Crippen LogP contribution in [0.25, 0.3) is 0 Å². The van der Waals surface area contributed by atoms with Gasteiger partial charge in [-0.15, -0.1) is 0 Å². The largest absolute Gasteiger partial charge is 0.357 e. The van der Waals surface area contributed by atoms with Crippen LogP contribution in [0, 0.1) is 10.1 Å². The molecule has 1 aromatic heterocycles. The van der Waals surface area contributed by atoms with Gasteiger partial charge in [-0.05, 0) is 18.9 Å². The van der Waals surface area contributed by atoms with Crippen molar-refractivity contribution in [3.8, 4) is 0 Å². The Morgan fingerprint density at radius 3 is 2.44 bits per heavy atom. The highest BCUT2D eigenvalue weighted by atomic mass is 16.6. The fourth-order valence-corrected chi connectivity index (χ4v) is 2.53. The van der Waals surface area contributed by atoms with Crippen LogP contribution in [-0.4, -0.2) is 23.0 Å². The highest BCUT2D eigenvalue weighted by molar-refractivity contribution is 5.43. The first-order chi connectivity index (χ1) is 8.68. The van der Waals surface area contributed by atoms with Gasteiger partial charge < -0.3 is 4.90 Å². The van der Waals surface area contributed by atoms with E-state index in [2.05, 4.69) is 9.88 Å². The lowest BCUT2D eigenvalue weighted by atomic mass is 10.1. The molecule has 0 unspecified atom stereocenters. The lowest BCUT2D eigenvalue weighted by Gasteiger charge is -2.28. The maximum absolute atomic E-state index is 10.6. The van der Waals surface area contributed by atoms with E-state index in [4.69, 9.17) is 0 Å². The molecule has 0 saturated heterocycles. The van der Waals surface area contributed by atoms with Gasteiger partial charge in [0.2, 0.25) is 0 Å². The molecular formula is C13H19N3O2. The molecule has 2 rings (SSSR count). The minimum atomic E-state index is -0.414. The highest BCUT2D eigenvalue weighted by Gasteiger charge is 2.18. The van der Waals surface area contributed by atoms with Gasteiger partial charge in [0.1, 0.15) is 12.0 Å². The summed E-state index contributed by atoms with van der Waals surface area (Å²) in [6.07, 6.45) is 8.88. The van der Waals surface area contributed by atoms with Gasteiger partial charge in [-0.1, -0.05) is 25.7 Å². The number of anilines is 1. The standard InChI is InChI=1S/C13H19N3O2/c1-15(11-6-4-2-3-5-7-11)13-9-8-12(10-14-13)16(17)18/h8-11H,2-7H2,1H3. The molecule has 98 valence electrons. The van der Waals surface area contributed by atoms with Gasteiger partial charge in [0.15, 0.2) is 0 Å². The predicted molar refractivity (Wildman–Crippen MR) is 70.8 cm³/mol. The van der Waals surface area contributed by atoms with Gasteiger partial charge in [0, 0.05) is 19.2 Å². The fraction of sp³-hybridized carbons (Fsp3) is 0.615. The first-order valence-electron chi connectivity index (χ1n) is 6.52. The molecule has 5 heteroatoms. The van der Waals surface area contributed by atoms with E-state index in [0.29, 0.717) is 6.04 Å². The summed E-state index contributed by atoms with van der Waals surface area (Å²) in [5.41, 5.74) is 0.0491. The Hall–Kier alpha value is -1.65. The smallest absolute Gasteiger partial charge is 0.287 e. The van der Waals surface area contributed by atoms with Gasteiger partial charge in [-0.2, -0.15) is 0 Å². The zero-order valence-corrected chi connectivity index (χ0v) is 10.7. The van der Waals surface area contributed by atoms with E-state index < -0.39 is 4.92 Å². The van der Waals surface area contributed by atoms with Crippen molar-refractivity contribution >= 4 is 11.5 Å². The molecule has 0 aromatic carbocycles. The zero-order valence-electron chi connectivity index (χ0n) is 10.7. The Bertz CT molecular complexity index is 397. The van der Waals surface area contributed by atoms with E-state index in [1.807, 2.05) is 7.05 Å². The van der Waals surface area contributed by atoms with E-state index in [-0.39, 0.29) is 5.69 Å². The molecule has 0 amide bonds. The van der Waals surface area contributed by atoms with Crippen molar-refractivity contribution < 1.29 is 4.92 Å². The van der Waals surface area contributed by atoms with Crippen molar-refractivity contribution in [3.05, 3.63) is 28.4 Å². The Morgan fingerprint density at radius 2 is 1.94 bits per heavy atom. The molecule has 0 atom stereocenters. The molecule has 0 bridgehead atoms. The molecule has 0 aliphatic heterocycles. The number of hydrogen-bond donors (Lipinski definition) is 0. The van der Waals surface area contributed by atoms with Crippen LogP contribution in [0.1, 0.15) is 38.5 Å². The van der Waals surface area contributed by atoms with Gasteiger partial charge in [0.05, 0.1) is 4.92 Å². The fourth-order valence-electron chi connectivity index (χ4n) is 2.53. The summed E-state index contributed by atoms with van der Waals surface area (Å²) in [5, 5.41) is 10.6. The molecule has 0 N–H and O–H groups in total. The lowest BCUT2D eigenvalue weighted by Crippen LogP contribution is -2.31. The minimum Gasteiger partial charge on any atom is -0.357 e. The van der Waals surface area contributed by atoms with Crippen LogP contribution < -0.4 is 4.90 Å². The number of aromatic nitrogens is 1. The highest BCUT2D eigenvalue weighted by Crippen LogP contribution is 2.25. The summed E-state index contributed by atoms with van der Waals surface area (Å²) in [6.45, 7) is 0. The summed E-state index contributed by atoms with van der Waals surface area (Å²) in [7, 11) is 2.03. The second-order valence-corrected chi connectivity index (χ2v) is 4.89. The zero-order chi connectivity index (χ0) is 13.0. The van der Waals surface area contributed by atoms with Gasteiger partial charge in [0.25, 0.3) is 5.69 Å². The number of nitrogens with zero attached hydrogens (tertiary/aromatic N) is 3. The van der Waals surface area contributed by atoms with Crippen molar-refractivity contribution in [1.29, 1.82) is 0 Å². The van der Waals surface area contributed by atoms with Crippen molar-refractivity contribution in [2.45, 2.75) is 44.6 Å². The van der Waals surface area contributed by atoms with Gasteiger partial charge in [-0.25, -0.2) is 4.98 Å².